The van der Waals surface area contributed by atoms with Crippen molar-refractivity contribution in [1.29, 1.82) is 0 Å². The lowest BCUT2D eigenvalue weighted by Crippen LogP contribution is -2.57. The van der Waals surface area contributed by atoms with E-state index in [0.29, 0.717) is 0 Å². The monoisotopic (exact) mass is 438 g/mol. The van der Waals surface area contributed by atoms with Crippen molar-refractivity contribution in [3.8, 4) is 0 Å². The van der Waals surface area contributed by atoms with E-state index >= 15 is 0 Å². The molecule has 0 spiro atoms. The molecule has 0 aliphatic carbocycles. The number of amides is 3. The normalized spacial score (nSPS) is 13.8. The van der Waals surface area contributed by atoms with Crippen LogP contribution in [0.4, 0.5) is 0 Å². The first kappa shape index (κ1) is 25.4. The molecule has 1 rings (SSSR count). The number of hydrogen-bond donors (Lipinski definition) is 6. The first-order valence-electron chi connectivity index (χ1n) is 9.65. The number of carboxylic acids is 1. The van der Waals surface area contributed by atoms with Crippen LogP contribution in [0, 0.1) is 5.92 Å². The van der Waals surface area contributed by atoms with Gasteiger partial charge in [0.15, 0.2) is 0 Å². The number of nitrogens with one attached hydrogen (secondary N) is 3. The van der Waals surface area contributed by atoms with Gasteiger partial charge in [0.2, 0.25) is 17.7 Å². The Morgan fingerprint density at radius 2 is 1.53 bits per heavy atom. The molecule has 0 aliphatic heterocycles. The zero-order valence-corrected chi connectivity index (χ0v) is 18.0. The van der Waals surface area contributed by atoms with E-state index in [1.54, 1.807) is 24.3 Å². The molecule has 0 saturated heterocycles. The smallest absolute Gasteiger partial charge is 0.326 e. The molecule has 3 atom stereocenters. The lowest BCUT2D eigenvalue weighted by Gasteiger charge is -2.24. The molecule has 10 heteroatoms. The third kappa shape index (κ3) is 8.83. The number of hydrogen-bond acceptors (Lipinski definition) is 6. The predicted molar refractivity (Wildman–Crippen MR) is 116 cm³/mol. The molecule has 0 bridgehead atoms. The third-order valence-corrected chi connectivity index (χ3v) is 4.62. The van der Waals surface area contributed by atoms with Gasteiger partial charge in [-0.2, -0.15) is 12.6 Å². The number of nitrogens with two attached hydrogens (primary N) is 1. The van der Waals surface area contributed by atoms with Crippen LogP contribution in [0.1, 0.15) is 25.8 Å². The van der Waals surface area contributed by atoms with Crippen molar-refractivity contribution in [3.05, 3.63) is 35.9 Å². The Labute approximate surface area is 181 Å². The summed E-state index contributed by atoms with van der Waals surface area (Å²) in [5.74, 6) is -2.86. The van der Waals surface area contributed by atoms with Gasteiger partial charge in [0.1, 0.15) is 18.1 Å². The summed E-state index contributed by atoms with van der Waals surface area (Å²) in [5.41, 5.74) is 6.04. The van der Waals surface area contributed by atoms with Crippen LogP contribution in [-0.2, 0) is 25.6 Å². The molecule has 1 aromatic carbocycles. The molecule has 0 heterocycles. The van der Waals surface area contributed by atoms with Crippen molar-refractivity contribution in [2.45, 2.75) is 44.8 Å². The first-order valence-corrected chi connectivity index (χ1v) is 10.3. The second-order valence-electron chi connectivity index (χ2n) is 7.29. The van der Waals surface area contributed by atoms with Crippen molar-refractivity contribution >= 4 is 36.3 Å². The number of thiol groups is 1. The molecule has 30 heavy (non-hydrogen) atoms. The van der Waals surface area contributed by atoms with Gasteiger partial charge in [0, 0.05) is 12.2 Å². The van der Waals surface area contributed by atoms with Crippen LogP contribution in [0.25, 0.3) is 0 Å². The maximum Gasteiger partial charge on any atom is 0.326 e. The van der Waals surface area contributed by atoms with E-state index in [1.807, 2.05) is 19.9 Å². The van der Waals surface area contributed by atoms with Crippen LogP contribution in [-0.4, -0.2) is 59.2 Å². The lowest BCUT2D eigenvalue weighted by molar-refractivity contribution is -0.142. The molecule has 6 N–H and O–H groups in total. The maximum absolute atomic E-state index is 12.9. The average Bonchev–Trinajstić information content (AvgIpc) is 2.70. The molecule has 0 radical (unpaired) electrons. The van der Waals surface area contributed by atoms with E-state index in [2.05, 4.69) is 28.6 Å². The summed E-state index contributed by atoms with van der Waals surface area (Å²) >= 11 is 4.07. The molecular formula is C20H30N4O5S. The van der Waals surface area contributed by atoms with Gasteiger partial charge in [-0.1, -0.05) is 44.2 Å². The minimum atomic E-state index is -1.15. The Morgan fingerprint density at radius 1 is 0.967 bits per heavy atom. The van der Waals surface area contributed by atoms with E-state index in [-0.39, 0.29) is 31.1 Å². The second-order valence-corrected chi connectivity index (χ2v) is 7.65. The van der Waals surface area contributed by atoms with Gasteiger partial charge in [-0.25, -0.2) is 4.79 Å². The van der Waals surface area contributed by atoms with Gasteiger partial charge in [0.25, 0.3) is 0 Å². The summed E-state index contributed by atoms with van der Waals surface area (Å²) in [4.78, 5) is 48.5. The highest BCUT2D eigenvalue weighted by molar-refractivity contribution is 7.80. The highest BCUT2D eigenvalue weighted by atomic mass is 32.1. The van der Waals surface area contributed by atoms with E-state index in [0.717, 1.165) is 5.56 Å². The minimum absolute atomic E-state index is 0.00233. The van der Waals surface area contributed by atoms with Crippen LogP contribution in [0.15, 0.2) is 30.3 Å². The molecular weight excluding hydrogens is 408 g/mol. The first-order chi connectivity index (χ1) is 14.2. The van der Waals surface area contributed by atoms with Crippen molar-refractivity contribution in [2.24, 2.45) is 11.7 Å². The van der Waals surface area contributed by atoms with Gasteiger partial charge in [-0.05, 0) is 17.9 Å². The Hall–Kier alpha value is -2.59. The Kier molecular flexibility index (Phi) is 10.9. The van der Waals surface area contributed by atoms with E-state index < -0.39 is 41.8 Å². The zero-order valence-electron chi connectivity index (χ0n) is 17.1. The number of rotatable bonds is 12. The molecule has 166 valence electrons. The van der Waals surface area contributed by atoms with Gasteiger partial charge < -0.3 is 26.8 Å². The molecule has 0 aliphatic rings. The molecule has 1 aromatic rings. The zero-order chi connectivity index (χ0) is 22.7. The summed E-state index contributed by atoms with van der Waals surface area (Å²) in [5, 5.41) is 16.9. The maximum atomic E-state index is 12.9. The third-order valence-electron chi connectivity index (χ3n) is 4.26. The second kappa shape index (κ2) is 12.9. The SMILES string of the molecule is CC(C)CC(NC(=O)C(Cc1ccccc1)NC(=O)C(CS)NC(=O)CN)C(=O)O. The highest BCUT2D eigenvalue weighted by Gasteiger charge is 2.29. The summed E-state index contributed by atoms with van der Waals surface area (Å²) in [6.07, 6.45) is 0.398. The summed E-state index contributed by atoms with van der Waals surface area (Å²) < 4.78 is 0. The summed E-state index contributed by atoms with van der Waals surface area (Å²) in [6.45, 7) is 3.41. The van der Waals surface area contributed by atoms with Crippen LogP contribution < -0.4 is 21.7 Å². The fraction of sp³-hybridized carbons (Fsp3) is 0.500. The molecule has 0 aromatic heterocycles. The average molecular weight is 439 g/mol. The van der Waals surface area contributed by atoms with Gasteiger partial charge in [0.05, 0.1) is 6.54 Å². The van der Waals surface area contributed by atoms with Crippen molar-refractivity contribution in [1.82, 2.24) is 16.0 Å². The number of carboxylic acid groups (broad SMARTS) is 1. The van der Waals surface area contributed by atoms with Crippen LogP contribution in [0.3, 0.4) is 0 Å². The molecule has 0 saturated carbocycles. The Balaban J connectivity index is 3.00. The van der Waals surface area contributed by atoms with Gasteiger partial charge >= 0.3 is 5.97 Å². The predicted octanol–water partition coefficient (Wildman–Crippen LogP) is -0.297. The van der Waals surface area contributed by atoms with E-state index in [1.165, 1.54) is 0 Å². The summed E-state index contributed by atoms with van der Waals surface area (Å²) in [7, 11) is 0. The van der Waals surface area contributed by atoms with E-state index in [9.17, 15) is 24.3 Å². The minimum Gasteiger partial charge on any atom is -0.480 e. The Morgan fingerprint density at radius 3 is 2.03 bits per heavy atom. The fourth-order valence-corrected chi connectivity index (χ4v) is 3.00. The molecule has 9 nitrogen and oxygen atoms in total. The molecule has 0 fully saturated rings. The number of benzene rings is 1. The summed E-state index contributed by atoms with van der Waals surface area (Å²) in [6, 6.07) is 5.90. The van der Waals surface area contributed by atoms with Crippen molar-refractivity contribution in [3.63, 3.8) is 0 Å². The van der Waals surface area contributed by atoms with E-state index in [4.69, 9.17) is 5.73 Å². The largest absolute Gasteiger partial charge is 0.480 e. The van der Waals surface area contributed by atoms with Crippen LogP contribution in [0.5, 0.6) is 0 Å². The lowest BCUT2D eigenvalue weighted by atomic mass is 10.0. The standard InChI is InChI=1S/C20H30N4O5S/c1-12(2)8-15(20(28)29)24-18(26)14(9-13-6-4-3-5-7-13)23-19(27)16(11-30)22-17(25)10-21/h3-7,12,14-16,30H,8-11,21H2,1-2H3,(H,22,25)(H,23,27)(H,24,26)(H,28,29). The van der Waals surface area contributed by atoms with Crippen molar-refractivity contribution in [2.75, 3.05) is 12.3 Å². The van der Waals surface area contributed by atoms with Crippen molar-refractivity contribution < 1.29 is 24.3 Å². The van der Waals surface area contributed by atoms with Gasteiger partial charge in [-0.3, -0.25) is 14.4 Å². The van der Waals surface area contributed by atoms with Gasteiger partial charge in [-0.15, -0.1) is 0 Å². The topological polar surface area (TPSA) is 151 Å². The Bertz CT molecular complexity index is 729. The number of aliphatic carboxylic acids is 1. The number of carbonyl (C=O) groups is 4. The quantitative estimate of drug-likeness (QED) is 0.247. The van der Waals surface area contributed by atoms with Crippen LogP contribution >= 0.6 is 12.6 Å². The van der Waals surface area contributed by atoms with Crippen LogP contribution in [0.2, 0.25) is 0 Å². The molecule has 3 unspecified atom stereocenters. The molecule has 3 amide bonds. The number of carbonyl (C=O) groups excluding carboxylic acids is 3. The highest BCUT2D eigenvalue weighted by Crippen LogP contribution is 2.08. The fourth-order valence-electron chi connectivity index (χ4n) is 2.74.